The Morgan fingerprint density at radius 1 is 1.15 bits per heavy atom. The number of ether oxygens (including phenoxy) is 1. The summed E-state index contributed by atoms with van der Waals surface area (Å²) in [5.74, 6) is 0.737. The van der Waals surface area contributed by atoms with E-state index in [0.29, 0.717) is 31.6 Å². The lowest BCUT2D eigenvalue weighted by atomic mass is 10.1. The summed E-state index contributed by atoms with van der Waals surface area (Å²) in [7, 11) is 3.38. The van der Waals surface area contributed by atoms with E-state index in [2.05, 4.69) is 21.2 Å². The molecule has 0 atom stereocenters. The van der Waals surface area contributed by atoms with Crippen LogP contribution in [0.25, 0.3) is 0 Å². The SMILES string of the molecule is CNC(=O)c1ccc(CN(C)C(=O)CCCOc2cccc(Br)c2)cc1. The Bertz CT molecular complexity index is 747. The molecule has 0 aliphatic carbocycles. The van der Waals surface area contributed by atoms with Gasteiger partial charge in [-0.05, 0) is 42.3 Å². The molecule has 26 heavy (non-hydrogen) atoms. The fourth-order valence-electron chi connectivity index (χ4n) is 2.43. The molecule has 2 amide bonds. The normalized spacial score (nSPS) is 10.3. The highest BCUT2D eigenvalue weighted by Crippen LogP contribution is 2.18. The second-order valence-corrected chi connectivity index (χ2v) is 6.85. The van der Waals surface area contributed by atoms with Crippen molar-refractivity contribution in [1.82, 2.24) is 10.2 Å². The maximum Gasteiger partial charge on any atom is 0.251 e. The number of benzene rings is 2. The fraction of sp³-hybridized carbons (Fsp3) is 0.300. The molecule has 0 aliphatic rings. The highest BCUT2D eigenvalue weighted by Gasteiger charge is 2.10. The van der Waals surface area contributed by atoms with Gasteiger partial charge in [-0.2, -0.15) is 0 Å². The molecule has 0 fully saturated rings. The first kappa shape index (κ1) is 20.0. The van der Waals surface area contributed by atoms with Crippen LogP contribution < -0.4 is 10.1 Å². The van der Waals surface area contributed by atoms with E-state index in [1.54, 1.807) is 31.1 Å². The highest BCUT2D eigenvalue weighted by atomic mass is 79.9. The van der Waals surface area contributed by atoms with Crippen LogP contribution in [-0.2, 0) is 11.3 Å². The minimum atomic E-state index is -0.119. The van der Waals surface area contributed by atoms with E-state index in [0.717, 1.165) is 15.8 Å². The fourth-order valence-corrected chi connectivity index (χ4v) is 2.81. The number of hydrogen-bond donors (Lipinski definition) is 1. The molecule has 2 aromatic rings. The predicted molar refractivity (Wildman–Crippen MR) is 105 cm³/mol. The quantitative estimate of drug-likeness (QED) is 0.665. The van der Waals surface area contributed by atoms with E-state index in [9.17, 15) is 9.59 Å². The smallest absolute Gasteiger partial charge is 0.251 e. The Morgan fingerprint density at radius 2 is 1.88 bits per heavy atom. The van der Waals surface area contributed by atoms with Crippen LogP contribution in [-0.4, -0.2) is 37.4 Å². The maximum atomic E-state index is 12.2. The van der Waals surface area contributed by atoms with Crippen LogP contribution in [0.3, 0.4) is 0 Å². The highest BCUT2D eigenvalue weighted by molar-refractivity contribution is 9.10. The first-order valence-corrected chi connectivity index (χ1v) is 9.22. The standard InChI is InChI=1S/C20H23BrN2O3/c1-22-20(25)16-10-8-15(9-11-16)14-23(2)19(24)7-4-12-26-18-6-3-5-17(21)13-18/h3,5-6,8-11,13H,4,7,12,14H2,1-2H3,(H,22,25). The van der Waals surface area contributed by atoms with Gasteiger partial charge in [0.15, 0.2) is 0 Å². The summed E-state index contributed by atoms with van der Waals surface area (Å²) in [6, 6.07) is 14.9. The van der Waals surface area contributed by atoms with Gasteiger partial charge in [-0.25, -0.2) is 0 Å². The third kappa shape index (κ3) is 6.19. The molecule has 1 N–H and O–H groups in total. The third-order valence-corrected chi connectivity index (χ3v) is 4.38. The van der Waals surface area contributed by atoms with E-state index in [-0.39, 0.29) is 11.8 Å². The van der Waals surface area contributed by atoms with Crippen molar-refractivity contribution in [3.63, 3.8) is 0 Å². The summed E-state index contributed by atoms with van der Waals surface area (Å²) in [6.07, 6.45) is 1.09. The van der Waals surface area contributed by atoms with Crippen LogP contribution >= 0.6 is 15.9 Å². The zero-order valence-corrected chi connectivity index (χ0v) is 16.6. The zero-order valence-electron chi connectivity index (χ0n) is 15.0. The Hall–Kier alpha value is -2.34. The molecule has 0 heterocycles. The van der Waals surface area contributed by atoms with Crippen molar-refractivity contribution in [3.8, 4) is 5.75 Å². The summed E-state index contributed by atoms with van der Waals surface area (Å²) in [4.78, 5) is 25.5. The van der Waals surface area contributed by atoms with E-state index < -0.39 is 0 Å². The van der Waals surface area contributed by atoms with Gasteiger partial charge in [0, 0.05) is 37.1 Å². The van der Waals surface area contributed by atoms with Crippen LogP contribution in [0.15, 0.2) is 53.0 Å². The van der Waals surface area contributed by atoms with Gasteiger partial charge in [0.2, 0.25) is 5.91 Å². The average molecular weight is 419 g/mol. The first-order chi connectivity index (χ1) is 12.5. The van der Waals surface area contributed by atoms with Crippen molar-refractivity contribution in [2.45, 2.75) is 19.4 Å². The van der Waals surface area contributed by atoms with Crippen LogP contribution in [0.1, 0.15) is 28.8 Å². The average Bonchev–Trinajstić information content (AvgIpc) is 2.65. The Labute approximate surface area is 162 Å². The number of halogens is 1. The lowest BCUT2D eigenvalue weighted by molar-refractivity contribution is -0.130. The summed E-state index contributed by atoms with van der Waals surface area (Å²) in [6.45, 7) is 1.01. The molecule has 0 saturated carbocycles. The summed E-state index contributed by atoms with van der Waals surface area (Å²) < 4.78 is 6.61. The van der Waals surface area contributed by atoms with Crippen LogP contribution in [0.5, 0.6) is 5.75 Å². The van der Waals surface area contributed by atoms with Crippen molar-refractivity contribution in [2.75, 3.05) is 20.7 Å². The number of nitrogens with zero attached hydrogens (tertiary/aromatic N) is 1. The number of amides is 2. The molecule has 0 unspecified atom stereocenters. The molecule has 2 aromatic carbocycles. The van der Waals surface area contributed by atoms with E-state index in [1.807, 2.05) is 36.4 Å². The molecular weight excluding hydrogens is 396 g/mol. The van der Waals surface area contributed by atoms with E-state index in [1.165, 1.54) is 0 Å². The number of carbonyl (C=O) groups excluding carboxylic acids is 2. The topological polar surface area (TPSA) is 58.6 Å². The Morgan fingerprint density at radius 3 is 2.54 bits per heavy atom. The molecular formula is C20H23BrN2O3. The first-order valence-electron chi connectivity index (χ1n) is 8.43. The van der Waals surface area contributed by atoms with Gasteiger partial charge in [-0.1, -0.05) is 34.1 Å². The van der Waals surface area contributed by atoms with Crippen molar-refractivity contribution in [3.05, 3.63) is 64.1 Å². The number of hydrogen-bond acceptors (Lipinski definition) is 3. The second kappa shape index (κ2) is 9.97. The molecule has 0 spiro atoms. The van der Waals surface area contributed by atoms with Gasteiger partial charge in [0.05, 0.1) is 6.61 Å². The molecule has 0 radical (unpaired) electrons. The van der Waals surface area contributed by atoms with Gasteiger partial charge in [-0.15, -0.1) is 0 Å². The van der Waals surface area contributed by atoms with Crippen molar-refractivity contribution < 1.29 is 14.3 Å². The summed E-state index contributed by atoms with van der Waals surface area (Å²) in [5, 5.41) is 2.59. The monoisotopic (exact) mass is 418 g/mol. The third-order valence-electron chi connectivity index (χ3n) is 3.89. The van der Waals surface area contributed by atoms with Gasteiger partial charge >= 0.3 is 0 Å². The molecule has 2 rings (SSSR count). The minimum Gasteiger partial charge on any atom is -0.494 e. The van der Waals surface area contributed by atoms with E-state index >= 15 is 0 Å². The van der Waals surface area contributed by atoms with Crippen molar-refractivity contribution in [1.29, 1.82) is 0 Å². The summed E-state index contributed by atoms with van der Waals surface area (Å²) >= 11 is 3.40. The number of rotatable bonds is 8. The molecule has 138 valence electrons. The van der Waals surface area contributed by atoms with Crippen LogP contribution in [0, 0.1) is 0 Å². The number of nitrogens with one attached hydrogen (secondary N) is 1. The summed E-state index contributed by atoms with van der Waals surface area (Å²) in [5.41, 5.74) is 1.59. The Kier molecular flexibility index (Phi) is 7.66. The lowest BCUT2D eigenvalue weighted by Gasteiger charge is -2.17. The molecule has 0 aromatic heterocycles. The van der Waals surface area contributed by atoms with E-state index in [4.69, 9.17) is 4.74 Å². The molecule has 5 nitrogen and oxygen atoms in total. The van der Waals surface area contributed by atoms with Gasteiger partial charge < -0.3 is 15.0 Å². The minimum absolute atomic E-state index is 0.0678. The maximum absolute atomic E-state index is 12.2. The predicted octanol–water partition coefficient (Wildman–Crippen LogP) is 3.63. The molecule has 0 bridgehead atoms. The lowest BCUT2D eigenvalue weighted by Crippen LogP contribution is -2.26. The molecule has 6 heteroatoms. The second-order valence-electron chi connectivity index (χ2n) is 5.94. The largest absolute Gasteiger partial charge is 0.494 e. The zero-order chi connectivity index (χ0) is 18.9. The van der Waals surface area contributed by atoms with Crippen molar-refractivity contribution in [2.24, 2.45) is 0 Å². The number of carbonyl (C=O) groups is 2. The van der Waals surface area contributed by atoms with Crippen molar-refractivity contribution >= 4 is 27.7 Å². The Balaban J connectivity index is 1.74. The van der Waals surface area contributed by atoms with Crippen LogP contribution in [0.4, 0.5) is 0 Å². The van der Waals surface area contributed by atoms with Crippen LogP contribution in [0.2, 0.25) is 0 Å². The van der Waals surface area contributed by atoms with Gasteiger partial charge in [-0.3, -0.25) is 9.59 Å². The molecule has 0 saturated heterocycles. The molecule has 0 aliphatic heterocycles. The van der Waals surface area contributed by atoms with Gasteiger partial charge in [0.1, 0.15) is 5.75 Å². The van der Waals surface area contributed by atoms with Gasteiger partial charge in [0.25, 0.3) is 5.91 Å².